The normalized spacial score (nSPS) is 15.9. The second-order valence-electron chi connectivity index (χ2n) is 8.31. The SMILES string of the molecule is CCc1ccc(C(=O)N2CCN(c3cc(Oc4ccc(C)cc4OC)ncn3)C[C@@H]2C)cc1. The molecule has 7 heteroatoms. The van der Waals surface area contributed by atoms with Crippen molar-refractivity contribution < 1.29 is 14.3 Å². The molecule has 0 N–H and O–H groups in total. The van der Waals surface area contributed by atoms with Crippen LogP contribution in [0.3, 0.4) is 0 Å². The van der Waals surface area contributed by atoms with Crippen LogP contribution in [0.1, 0.15) is 35.3 Å². The van der Waals surface area contributed by atoms with E-state index in [-0.39, 0.29) is 11.9 Å². The van der Waals surface area contributed by atoms with Gasteiger partial charge in [0.05, 0.1) is 7.11 Å². The van der Waals surface area contributed by atoms with Crippen molar-refractivity contribution >= 4 is 11.7 Å². The number of carbonyl (C=O) groups is 1. The van der Waals surface area contributed by atoms with Gasteiger partial charge in [-0.15, -0.1) is 0 Å². The van der Waals surface area contributed by atoms with Gasteiger partial charge in [0.1, 0.15) is 12.1 Å². The largest absolute Gasteiger partial charge is 0.493 e. The molecule has 172 valence electrons. The van der Waals surface area contributed by atoms with Crippen LogP contribution in [-0.4, -0.2) is 53.6 Å². The maximum absolute atomic E-state index is 13.0. The Morgan fingerprint density at radius 3 is 2.55 bits per heavy atom. The zero-order valence-electron chi connectivity index (χ0n) is 19.6. The number of anilines is 1. The Balaban J connectivity index is 1.44. The standard InChI is InChI=1S/C26H30N4O3/c1-5-20-7-9-21(10-8-20)26(31)30-13-12-29(16-19(30)3)24-15-25(28-17-27-24)33-22-11-6-18(2)14-23(22)32-4/h6-11,14-15,17,19H,5,12-13,16H2,1-4H3/t19-/m0/s1. The van der Waals surface area contributed by atoms with E-state index < -0.39 is 0 Å². The summed E-state index contributed by atoms with van der Waals surface area (Å²) in [5.41, 5.74) is 3.05. The summed E-state index contributed by atoms with van der Waals surface area (Å²) in [5.74, 6) is 2.55. The summed E-state index contributed by atoms with van der Waals surface area (Å²) in [4.78, 5) is 25.9. The summed E-state index contributed by atoms with van der Waals surface area (Å²) in [5, 5.41) is 0. The third-order valence-corrected chi connectivity index (χ3v) is 5.98. The van der Waals surface area contributed by atoms with Crippen LogP contribution in [0.5, 0.6) is 17.4 Å². The number of aromatic nitrogens is 2. The number of carbonyl (C=O) groups excluding carboxylic acids is 1. The molecule has 2 aromatic carbocycles. The Hall–Kier alpha value is -3.61. The lowest BCUT2D eigenvalue weighted by molar-refractivity contribution is 0.0673. The van der Waals surface area contributed by atoms with Crippen LogP contribution in [-0.2, 0) is 6.42 Å². The van der Waals surface area contributed by atoms with Gasteiger partial charge in [-0.25, -0.2) is 9.97 Å². The van der Waals surface area contributed by atoms with Gasteiger partial charge in [-0.3, -0.25) is 4.79 Å². The van der Waals surface area contributed by atoms with Crippen LogP contribution in [0.4, 0.5) is 5.82 Å². The van der Waals surface area contributed by atoms with Crippen molar-refractivity contribution in [2.45, 2.75) is 33.2 Å². The number of amides is 1. The van der Waals surface area contributed by atoms with E-state index in [0.29, 0.717) is 37.0 Å². The molecule has 4 rings (SSSR count). The second-order valence-corrected chi connectivity index (χ2v) is 8.31. The molecule has 0 aliphatic carbocycles. The van der Waals surface area contributed by atoms with Crippen LogP contribution in [0.15, 0.2) is 54.9 Å². The van der Waals surface area contributed by atoms with Gasteiger partial charge in [0.2, 0.25) is 5.88 Å². The Kier molecular flexibility index (Phi) is 6.77. The second kappa shape index (κ2) is 9.90. The average molecular weight is 447 g/mol. The van der Waals surface area contributed by atoms with Crippen molar-refractivity contribution in [2.75, 3.05) is 31.6 Å². The van der Waals surface area contributed by atoms with Crippen molar-refractivity contribution in [1.29, 1.82) is 0 Å². The van der Waals surface area contributed by atoms with Crippen molar-refractivity contribution in [3.63, 3.8) is 0 Å². The van der Waals surface area contributed by atoms with E-state index in [1.165, 1.54) is 11.9 Å². The molecule has 1 aliphatic rings. The third-order valence-electron chi connectivity index (χ3n) is 5.98. The van der Waals surface area contributed by atoms with Crippen LogP contribution < -0.4 is 14.4 Å². The molecule has 7 nitrogen and oxygen atoms in total. The Labute approximate surface area is 195 Å². The predicted octanol–water partition coefficient (Wildman–Crippen LogP) is 4.50. The minimum Gasteiger partial charge on any atom is -0.493 e. The van der Waals surface area contributed by atoms with Gasteiger partial charge in [0.15, 0.2) is 11.5 Å². The molecule has 1 atom stereocenters. The molecule has 1 amide bonds. The summed E-state index contributed by atoms with van der Waals surface area (Å²) in [6, 6.07) is 15.5. The molecule has 3 aromatic rings. The molecular weight excluding hydrogens is 416 g/mol. The maximum atomic E-state index is 13.0. The van der Waals surface area contributed by atoms with Crippen LogP contribution in [0.2, 0.25) is 0 Å². The first kappa shape index (κ1) is 22.6. The summed E-state index contributed by atoms with van der Waals surface area (Å²) in [6.45, 7) is 8.18. The van der Waals surface area contributed by atoms with Gasteiger partial charge in [-0.05, 0) is 55.7 Å². The van der Waals surface area contributed by atoms with E-state index in [9.17, 15) is 4.79 Å². The Bertz CT molecular complexity index is 1120. The zero-order chi connectivity index (χ0) is 23.4. The Morgan fingerprint density at radius 1 is 1.06 bits per heavy atom. The van der Waals surface area contributed by atoms with Crippen molar-refractivity contribution in [3.8, 4) is 17.4 Å². The fourth-order valence-corrected chi connectivity index (χ4v) is 4.05. The number of ether oxygens (including phenoxy) is 2. The van der Waals surface area contributed by atoms with Gasteiger partial charge < -0.3 is 19.3 Å². The molecule has 2 heterocycles. The number of rotatable bonds is 6. The van der Waals surface area contributed by atoms with E-state index >= 15 is 0 Å². The topological polar surface area (TPSA) is 67.8 Å². The van der Waals surface area contributed by atoms with Crippen molar-refractivity contribution in [1.82, 2.24) is 14.9 Å². The monoisotopic (exact) mass is 446 g/mol. The smallest absolute Gasteiger partial charge is 0.254 e. The number of hydrogen-bond donors (Lipinski definition) is 0. The van der Waals surface area contributed by atoms with E-state index in [1.54, 1.807) is 7.11 Å². The van der Waals surface area contributed by atoms with Gasteiger partial charge >= 0.3 is 0 Å². The molecule has 0 bridgehead atoms. The molecule has 1 aromatic heterocycles. The summed E-state index contributed by atoms with van der Waals surface area (Å²) >= 11 is 0. The third kappa shape index (κ3) is 5.08. The molecule has 33 heavy (non-hydrogen) atoms. The first-order valence-electron chi connectivity index (χ1n) is 11.3. The molecule has 0 unspecified atom stereocenters. The van der Waals surface area contributed by atoms with Crippen molar-refractivity contribution in [3.05, 3.63) is 71.5 Å². The molecule has 1 saturated heterocycles. The first-order chi connectivity index (χ1) is 16.0. The number of piperazine rings is 1. The summed E-state index contributed by atoms with van der Waals surface area (Å²) < 4.78 is 11.4. The molecule has 0 radical (unpaired) electrons. The lowest BCUT2D eigenvalue weighted by atomic mass is 10.1. The van der Waals surface area contributed by atoms with Crippen LogP contribution >= 0.6 is 0 Å². The lowest BCUT2D eigenvalue weighted by Gasteiger charge is -2.40. The number of benzene rings is 2. The van der Waals surface area contributed by atoms with E-state index in [4.69, 9.17) is 9.47 Å². The fourth-order valence-electron chi connectivity index (χ4n) is 4.05. The number of methoxy groups -OCH3 is 1. The minimum absolute atomic E-state index is 0.0497. The van der Waals surface area contributed by atoms with Crippen LogP contribution in [0.25, 0.3) is 0 Å². The van der Waals surface area contributed by atoms with E-state index in [0.717, 1.165) is 23.4 Å². The first-order valence-corrected chi connectivity index (χ1v) is 11.3. The highest BCUT2D eigenvalue weighted by atomic mass is 16.5. The Morgan fingerprint density at radius 2 is 1.85 bits per heavy atom. The number of nitrogens with zero attached hydrogens (tertiary/aromatic N) is 4. The average Bonchev–Trinajstić information content (AvgIpc) is 2.85. The highest BCUT2D eigenvalue weighted by Crippen LogP contribution is 2.32. The number of hydrogen-bond acceptors (Lipinski definition) is 6. The molecule has 1 aliphatic heterocycles. The highest BCUT2D eigenvalue weighted by molar-refractivity contribution is 5.94. The number of aryl methyl sites for hydroxylation is 2. The quantitative estimate of drug-likeness (QED) is 0.555. The van der Waals surface area contributed by atoms with Crippen molar-refractivity contribution in [2.24, 2.45) is 0 Å². The summed E-state index contributed by atoms with van der Waals surface area (Å²) in [7, 11) is 1.62. The highest BCUT2D eigenvalue weighted by Gasteiger charge is 2.29. The lowest BCUT2D eigenvalue weighted by Crippen LogP contribution is -2.54. The van der Waals surface area contributed by atoms with E-state index in [1.807, 2.05) is 60.4 Å². The van der Waals surface area contributed by atoms with Gasteiger partial charge in [-0.2, -0.15) is 0 Å². The maximum Gasteiger partial charge on any atom is 0.254 e. The van der Waals surface area contributed by atoms with Gasteiger partial charge in [0, 0.05) is 37.3 Å². The fraction of sp³-hybridized carbons (Fsp3) is 0.346. The van der Waals surface area contributed by atoms with Gasteiger partial charge in [0.25, 0.3) is 5.91 Å². The molecule has 0 spiro atoms. The minimum atomic E-state index is 0.0497. The summed E-state index contributed by atoms with van der Waals surface area (Å²) in [6.07, 6.45) is 2.47. The predicted molar refractivity (Wildman–Crippen MR) is 128 cm³/mol. The van der Waals surface area contributed by atoms with Gasteiger partial charge in [-0.1, -0.05) is 25.1 Å². The zero-order valence-corrected chi connectivity index (χ0v) is 19.6. The molecule has 0 saturated carbocycles. The molecular formula is C26H30N4O3. The molecule has 1 fully saturated rings. The van der Waals surface area contributed by atoms with E-state index in [2.05, 4.69) is 28.7 Å². The van der Waals surface area contributed by atoms with Crippen LogP contribution in [0, 0.1) is 6.92 Å².